The lowest BCUT2D eigenvalue weighted by Gasteiger charge is -2.02. The van der Waals surface area contributed by atoms with Gasteiger partial charge in [-0.25, -0.2) is 13.8 Å². The van der Waals surface area contributed by atoms with E-state index in [1.165, 1.54) is 6.07 Å². The van der Waals surface area contributed by atoms with Crippen molar-refractivity contribution in [3.05, 3.63) is 23.5 Å². The predicted molar refractivity (Wildman–Crippen MR) is 35.6 cm³/mol. The molecule has 1 aromatic rings. The number of hydrogen-bond donors (Lipinski definition) is 1. The molecule has 3 nitrogen and oxygen atoms in total. The molecule has 1 heterocycles. The van der Waals surface area contributed by atoms with Crippen LogP contribution in [0.1, 0.15) is 17.7 Å². The number of pyridine rings is 1. The van der Waals surface area contributed by atoms with Gasteiger partial charge < -0.3 is 5.11 Å². The van der Waals surface area contributed by atoms with E-state index in [1.807, 2.05) is 0 Å². The zero-order chi connectivity index (χ0) is 9.14. The molecule has 0 saturated heterocycles. The number of halogens is 2. The maximum atomic E-state index is 12.0. The number of aromatic hydroxyl groups is 1. The summed E-state index contributed by atoms with van der Waals surface area (Å²) in [5.74, 6) is -0.741. The Bertz CT molecular complexity index is 333. The molecule has 12 heavy (non-hydrogen) atoms. The first-order valence-corrected chi connectivity index (χ1v) is 3.03. The Labute approximate surface area is 66.9 Å². The van der Waals surface area contributed by atoms with Crippen molar-refractivity contribution in [2.24, 2.45) is 0 Å². The highest BCUT2D eigenvalue weighted by atomic mass is 19.3. The molecule has 0 unspecified atom stereocenters. The fourth-order valence-electron chi connectivity index (χ4n) is 0.727. The average Bonchev–Trinajstić information content (AvgIpc) is 2.04. The van der Waals surface area contributed by atoms with Crippen molar-refractivity contribution in [3.63, 3.8) is 0 Å². The van der Waals surface area contributed by atoms with Crippen molar-refractivity contribution in [3.8, 4) is 11.8 Å². The van der Waals surface area contributed by atoms with Gasteiger partial charge in [0, 0.05) is 6.20 Å². The second kappa shape index (κ2) is 3.13. The standard InChI is InChI=1S/C7H4F2N2O/c8-7(9)4-1-2-11-5(3-10)6(4)12/h1-2,7,12H. The van der Waals surface area contributed by atoms with Crippen molar-refractivity contribution in [2.45, 2.75) is 6.43 Å². The summed E-state index contributed by atoms with van der Waals surface area (Å²) in [5, 5.41) is 17.3. The third kappa shape index (κ3) is 1.32. The van der Waals surface area contributed by atoms with E-state index in [-0.39, 0.29) is 5.69 Å². The van der Waals surface area contributed by atoms with Gasteiger partial charge in [-0.05, 0) is 6.07 Å². The van der Waals surface area contributed by atoms with Crippen LogP contribution >= 0.6 is 0 Å². The van der Waals surface area contributed by atoms with E-state index in [2.05, 4.69) is 4.98 Å². The van der Waals surface area contributed by atoms with Crippen LogP contribution in [0.5, 0.6) is 5.75 Å². The molecular weight excluding hydrogens is 166 g/mol. The van der Waals surface area contributed by atoms with Gasteiger partial charge in [0.2, 0.25) is 0 Å². The molecule has 0 saturated carbocycles. The molecule has 0 aliphatic rings. The molecular formula is C7H4F2N2O. The summed E-state index contributed by atoms with van der Waals surface area (Å²) in [7, 11) is 0. The zero-order valence-electron chi connectivity index (χ0n) is 5.83. The molecule has 0 bridgehead atoms. The van der Waals surface area contributed by atoms with E-state index in [0.29, 0.717) is 0 Å². The second-order valence-electron chi connectivity index (χ2n) is 2.01. The topological polar surface area (TPSA) is 56.9 Å². The average molecular weight is 170 g/mol. The number of alkyl halides is 2. The Hall–Kier alpha value is -1.70. The fourth-order valence-corrected chi connectivity index (χ4v) is 0.727. The molecule has 0 amide bonds. The molecule has 0 radical (unpaired) electrons. The molecule has 62 valence electrons. The van der Waals surface area contributed by atoms with E-state index in [4.69, 9.17) is 10.4 Å². The van der Waals surface area contributed by atoms with E-state index in [9.17, 15) is 8.78 Å². The summed E-state index contributed by atoms with van der Waals surface area (Å²) >= 11 is 0. The van der Waals surface area contributed by atoms with Gasteiger partial charge in [-0.2, -0.15) is 5.26 Å². The van der Waals surface area contributed by atoms with Gasteiger partial charge in [0.15, 0.2) is 11.4 Å². The highest BCUT2D eigenvalue weighted by molar-refractivity contribution is 5.42. The Balaban J connectivity index is 3.25. The van der Waals surface area contributed by atoms with E-state index < -0.39 is 17.7 Å². The molecule has 0 aliphatic carbocycles. The van der Waals surface area contributed by atoms with Crippen LogP contribution in [0.25, 0.3) is 0 Å². The number of nitrogens with zero attached hydrogens (tertiary/aromatic N) is 2. The molecule has 0 aromatic carbocycles. The van der Waals surface area contributed by atoms with E-state index in [1.54, 1.807) is 0 Å². The lowest BCUT2D eigenvalue weighted by molar-refractivity contribution is 0.147. The molecule has 5 heteroatoms. The van der Waals surface area contributed by atoms with Crippen LogP contribution in [-0.2, 0) is 0 Å². The lowest BCUT2D eigenvalue weighted by Crippen LogP contribution is -1.90. The smallest absolute Gasteiger partial charge is 0.267 e. The van der Waals surface area contributed by atoms with Crippen molar-refractivity contribution in [2.75, 3.05) is 0 Å². The summed E-state index contributed by atoms with van der Waals surface area (Å²) in [4.78, 5) is 3.40. The van der Waals surface area contributed by atoms with Crippen molar-refractivity contribution >= 4 is 0 Å². The third-order valence-corrected chi connectivity index (χ3v) is 1.30. The third-order valence-electron chi connectivity index (χ3n) is 1.30. The highest BCUT2D eigenvalue weighted by Crippen LogP contribution is 2.28. The van der Waals surface area contributed by atoms with Crippen molar-refractivity contribution in [1.29, 1.82) is 5.26 Å². The van der Waals surface area contributed by atoms with Gasteiger partial charge in [-0.1, -0.05) is 0 Å². The maximum Gasteiger partial charge on any atom is 0.267 e. The summed E-state index contributed by atoms with van der Waals surface area (Å²) in [5.41, 5.74) is -0.950. The number of rotatable bonds is 1. The van der Waals surface area contributed by atoms with E-state index in [0.717, 1.165) is 12.3 Å². The zero-order valence-corrected chi connectivity index (χ0v) is 5.83. The van der Waals surface area contributed by atoms with Gasteiger partial charge in [-0.3, -0.25) is 0 Å². The lowest BCUT2D eigenvalue weighted by atomic mass is 10.2. The quantitative estimate of drug-likeness (QED) is 0.696. The number of nitriles is 1. The largest absolute Gasteiger partial charge is 0.505 e. The highest BCUT2D eigenvalue weighted by Gasteiger charge is 2.15. The van der Waals surface area contributed by atoms with Gasteiger partial charge >= 0.3 is 0 Å². The first-order valence-electron chi connectivity index (χ1n) is 3.03. The monoisotopic (exact) mass is 170 g/mol. The Morgan fingerprint density at radius 2 is 2.25 bits per heavy atom. The second-order valence-corrected chi connectivity index (χ2v) is 2.01. The molecule has 0 fully saturated rings. The Morgan fingerprint density at radius 1 is 1.58 bits per heavy atom. The molecule has 1 N–H and O–H groups in total. The van der Waals surface area contributed by atoms with Gasteiger partial charge in [-0.15, -0.1) is 0 Å². The van der Waals surface area contributed by atoms with Crippen LogP contribution in [-0.4, -0.2) is 10.1 Å². The first-order chi connectivity index (χ1) is 5.66. The minimum absolute atomic E-state index is 0.382. The van der Waals surface area contributed by atoms with Crippen LogP contribution in [0.4, 0.5) is 8.78 Å². The summed E-state index contributed by atoms with van der Waals surface area (Å²) in [6, 6.07) is 2.47. The SMILES string of the molecule is N#Cc1nccc(C(F)F)c1O. The van der Waals surface area contributed by atoms with Gasteiger partial charge in [0.25, 0.3) is 6.43 Å². The Kier molecular flexibility index (Phi) is 2.19. The van der Waals surface area contributed by atoms with Gasteiger partial charge in [0.1, 0.15) is 6.07 Å². The Morgan fingerprint density at radius 3 is 2.75 bits per heavy atom. The normalized spacial score (nSPS) is 9.83. The molecule has 0 atom stereocenters. The minimum Gasteiger partial charge on any atom is -0.505 e. The summed E-state index contributed by atoms with van der Waals surface area (Å²) < 4.78 is 24.1. The number of aromatic nitrogens is 1. The minimum atomic E-state index is -2.79. The molecule has 0 spiro atoms. The van der Waals surface area contributed by atoms with Crippen LogP contribution in [0, 0.1) is 11.3 Å². The number of hydrogen-bond acceptors (Lipinski definition) is 3. The predicted octanol–water partition coefficient (Wildman–Crippen LogP) is 1.60. The van der Waals surface area contributed by atoms with Crippen LogP contribution in [0.3, 0.4) is 0 Å². The van der Waals surface area contributed by atoms with Gasteiger partial charge in [0.05, 0.1) is 5.56 Å². The summed E-state index contributed by atoms with van der Waals surface area (Å²) in [6.45, 7) is 0. The van der Waals surface area contributed by atoms with Crippen molar-refractivity contribution < 1.29 is 13.9 Å². The van der Waals surface area contributed by atoms with Crippen LogP contribution in [0.2, 0.25) is 0 Å². The first kappa shape index (κ1) is 8.40. The maximum absolute atomic E-state index is 12.0. The molecule has 1 rings (SSSR count). The molecule has 0 aliphatic heterocycles. The summed E-state index contributed by atoms with van der Waals surface area (Å²) in [6.07, 6.45) is -1.74. The fraction of sp³-hybridized carbons (Fsp3) is 0.143. The van der Waals surface area contributed by atoms with Crippen LogP contribution in [0.15, 0.2) is 12.3 Å². The van der Waals surface area contributed by atoms with Crippen molar-refractivity contribution in [1.82, 2.24) is 4.98 Å². The van der Waals surface area contributed by atoms with E-state index >= 15 is 0 Å². The molecule has 1 aromatic heterocycles. The van der Waals surface area contributed by atoms with Crippen LogP contribution < -0.4 is 0 Å².